The highest BCUT2D eigenvalue weighted by atomic mass is 15.0. The van der Waals surface area contributed by atoms with Crippen LogP contribution in [-0.4, -0.2) is 23.1 Å². The summed E-state index contributed by atoms with van der Waals surface area (Å²) in [7, 11) is 0. The van der Waals surface area contributed by atoms with Crippen molar-refractivity contribution in [3.8, 4) is 0 Å². The van der Waals surface area contributed by atoms with Gasteiger partial charge in [0.1, 0.15) is 5.82 Å². The number of aromatic nitrogens is 2. The van der Waals surface area contributed by atoms with Gasteiger partial charge in [0.15, 0.2) is 0 Å². The molecule has 0 aliphatic rings. The van der Waals surface area contributed by atoms with Gasteiger partial charge in [-0.05, 0) is 24.9 Å². The topological polar surface area (TPSA) is 66.7 Å². The fourth-order valence-corrected chi connectivity index (χ4v) is 1.36. The molecule has 14 heavy (non-hydrogen) atoms. The lowest BCUT2D eigenvalue weighted by molar-refractivity contribution is 0.369. The van der Waals surface area contributed by atoms with Crippen molar-refractivity contribution in [3.63, 3.8) is 0 Å². The molecule has 0 aromatic carbocycles. The molecule has 1 aromatic heterocycles. The van der Waals surface area contributed by atoms with E-state index in [-0.39, 0.29) is 0 Å². The molecule has 0 amide bonds. The number of hydrogen-bond acceptors (Lipinski definition) is 3. The van der Waals surface area contributed by atoms with Gasteiger partial charge in [-0.25, -0.2) is 4.98 Å². The molecule has 0 spiro atoms. The van der Waals surface area contributed by atoms with E-state index in [0.29, 0.717) is 11.8 Å². The molecule has 0 fully saturated rings. The second-order valence-corrected chi connectivity index (χ2v) is 3.91. The van der Waals surface area contributed by atoms with Crippen molar-refractivity contribution in [1.29, 1.82) is 0 Å². The van der Waals surface area contributed by atoms with E-state index in [1.807, 2.05) is 6.20 Å². The van der Waals surface area contributed by atoms with Gasteiger partial charge in [-0.2, -0.15) is 0 Å². The Labute approximate surface area is 85.3 Å². The first kappa shape index (κ1) is 11.2. The Morgan fingerprint density at radius 2 is 2.36 bits per heavy atom. The lowest BCUT2D eigenvalue weighted by atomic mass is 9.96. The summed E-state index contributed by atoms with van der Waals surface area (Å²) >= 11 is 0. The Bertz CT molecular complexity index is 230. The normalized spacial score (nSPS) is 13.4. The Morgan fingerprint density at radius 1 is 1.57 bits per heavy atom. The second kappa shape index (κ2) is 5.78. The van der Waals surface area contributed by atoms with E-state index in [2.05, 4.69) is 29.1 Å². The molecule has 80 valence electrons. The molecule has 0 bridgehead atoms. The van der Waals surface area contributed by atoms with Gasteiger partial charge in [-0.3, -0.25) is 0 Å². The highest BCUT2D eigenvalue weighted by Gasteiger charge is 2.10. The van der Waals surface area contributed by atoms with Gasteiger partial charge in [0, 0.05) is 12.4 Å². The van der Waals surface area contributed by atoms with Crippen LogP contribution in [0.1, 0.15) is 19.7 Å². The Hall–Kier alpha value is -0.870. The van der Waals surface area contributed by atoms with Crippen LogP contribution in [0.25, 0.3) is 0 Å². The van der Waals surface area contributed by atoms with Crippen molar-refractivity contribution in [2.75, 3.05) is 13.1 Å². The molecule has 1 unspecified atom stereocenters. The van der Waals surface area contributed by atoms with E-state index < -0.39 is 0 Å². The van der Waals surface area contributed by atoms with Gasteiger partial charge >= 0.3 is 0 Å². The number of imidazole rings is 1. The Kier molecular flexibility index (Phi) is 4.62. The number of hydrogen-bond donors (Lipinski definition) is 3. The molecule has 0 aliphatic carbocycles. The maximum absolute atomic E-state index is 5.67. The van der Waals surface area contributed by atoms with Crippen LogP contribution >= 0.6 is 0 Å². The zero-order chi connectivity index (χ0) is 10.4. The molecule has 4 heteroatoms. The summed E-state index contributed by atoms with van der Waals surface area (Å²) in [5.74, 6) is 2.15. The molecule has 1 atom stereocenters. The Balaban J connectivity index is 2.20. The van der Waals surface area contributed by atoms with Crippen molar-refractivity contribution in [2.45, 2.75) is 20.4 Å². The number of nitrogens with zero attached hydrogens (tertiary/aromatic N) is 1. The Morgan fingerprint density at radius 3 is 2.86 bits per heavy atom. The monoisotopic (exact) mass is 196 g/mol. The van der Waals surface area contributed by atoms with Crippen molar-refractivity contribution in [1.82, 2.24) is 15.3 Å². The second-order valence-electron chi connectivity index (χ2n) is 3.91. The predicted molar refractivity (Wildman–Crippen MR) is 57.7 cm³/mol. The largest absolute Gasteiger partial charge is 0.348 e. The average Bonchev–Trinajstić information content (AvgIpc) is 2.64. The third-order valence-corrected chi connectivity index (χ3v) is 2.50. The van der Waals surface area contributed by atoms with Crippen LogP contribution in [0, 0.1) is 11.8 Å². The van der Waals surface area contributed by atoms with E-state index in [9.17, 15) is 0 Å². The summed E-state index contributed by atoms with van der Waals surface area (Å²) in [5.41, 5.74) is 5.67. The van der Waals surface area contributed by atoms with Gasteiger partial charge in [0.05, 0.1) is 6.54 Å². The van der Waals surface area contributed by atoms with Crippen LogP contribution in [0.4, 0.5) is 0 Å². The first-order valence-electron chi connectivity index (χ1n) is 5.13. The first-order valence-corrected chi connectivity index (χ1v) is 5.13. The van der Waals surface area contributed by atoms with Crippen LogP contribution in [0.2, 0.25) is 0 Å². The maximum atomic E-state index is 5.67. The quantitative estimate of drug-likeness (QED) is 0.628. The fraction of sp³-hybridized carbons (Fsp3) is 0.700. The zero-order valence-corrected chi connectivity index (χ0v) is 8.96. The molecular weight excluding hydrogens is 176 g/mol. The van der Waals surface area contributed by atoms with Gasteiger partial charge < -0.3 is 16.0 Å². The first-order chi connectivity index (χ1) is 6.74. The molecule has 0 saturated heterocycles. The molecule has 0 saturated carbocycles. The summed E-state index contributed by atoms with van der Waals surface area (Å²) < 4.78 is 0. The van der Waals surface area contributed by atoms with Crippen LogP contribution in [0.3, 0.4) is 0 Å². The minimum absolute atomic E-state index is 0.546. The van der Waals surface area contributed by atoms with Gasteiger partial charge in [-0.1, -0.05) is 13.8 Å². The van der Waals surface area contributed by atoms with E-state index in [4.69, 9.17) is 5.73 Å². The number of H-pyrrole nitrogens is 1. The van der Waals surface area contributed by atoms with E-state index in [1.165, 1.54) is 0 Å². The van der Waals surface area contributed by atoms with Crippen LogP contribution < -0.4 is 11.1 Å². The van der Waals surface area contributed by atoms with Crippen molar-refractivity contribution >= 4 is 0 Å². The van der Waals surface area contributed by atoms with Gasteiger partial charge in [-0.15, -0.1) is 0 Å². The van der Waals surface area contributed by atoms with E-state index >= 15 is 0 Å². The number of nitrogens with one attached hydrogen (secondary N) is 2. The van der Waals surface area contributed by atoms with Crippen molar-refractivity contribution in [2.24, 2.45) is 17.6 Å². The van der Waals surface area contributed by atoms with E-state index in [1.54, 1.807) is 6.20 Å². The molecule has 1 heterocycles. The summed E-state index contributed by atoms with van der Waals surface area (Å²) in [6.45, 7) is 6.88. The highest BCUT2D eigenvalue weighted by Crippen LogP contribution is 2.07. The van der Waals surface area contributed by atoms with Crippen molar-refractivity contribution < 1.29 is 0 Å². The predicted octanol–water partition coefficient (Wildman–Crippen LogP) is 0.730. The van der Waals surface area contributed by atoms with Crippen LogP contribution in [0.15, 0.2) is 12.4 Å². The number of rotatable bonds is 6. The minimum atomic E-state index is 0.546. The lowest BCUT2D eigenvalue weighted by Gasteiger charge is -2.18. The molecule has 4 N–H and O–H groups in total. The number of aromatic amines is 1. The highest BCUT2D eigenvalue weighted by molar-refractivity contribution is 4.86. The molecule has 1 rings (SSSR count). The average molecular weight is 196 g/mol. The molecule has 0 radical (unpaired) electrons. The third kappa shape index (κ3) is 3.47. The van der Waals surface area contributed by atoms with Crippen LogP contribution in [0.5, 0.6) is 0 Å². The summed E-state index contributed by atoms with van der Waals surface area (Å²) in [6, 6.07) is 0. The fourth-order valence-electron chi connectivity index (χ4n) is 1.36. The van der Waals surface area contributed by atoms with Gasteiger partial charge in [0.2, 0.25) is 0 Å². The summed E-state index contributed by atoms with van der Waals surface area (Å²) in [6.07, 6.45) is 3.60. The van der Waals surface area contributed by atoms with Crippen LogP contribution in [-0.2, 0) is 6.54 Å². The van der Waals surface area contributed by atoms with Gasteiger partial charge in [0.25, 0.3) is 0 Å². The molecule has 0 aliphatic heterocycles. The summed E-state index contributed by atoms with van der Waals surface area (Å²) in [4.78, 5) is 7.19. The summed E-state index contributed by atoms with van der Waals surface area (Å²) in [5, 5.41) is 3.35. The lowest BCUT2D eigenvalue weighted by Crippen LogP contribution is -2.31. The number of nitrogens with two attached hydrogens (primary N) is 1. The minimum Gasteiger partial charge on any atom is -0.348 e. The SMILES string of the molecule is CC(C)C(CN)CNCc1ncc[nH]1. The molecule has 1 aromatic rings. The van der Waals surface area contributed by atoms with E-state index in [0.717, 1.165) is 25.5 Å². The smallest absolute Gasteiger partial charge is 0.120 e. The zero-order valence-electron chi connectivity index (χ0n) is 8.96. The van der Waals surface area contributed by atoms with Crippen molar-refractivity contribution in [3.05, 3.63) is 18.2 Å². The molecule has 4 nitrogen and oxygen atoms in total. The molecular formula is C10H20N4. The maximum Gasteiger partial charge on any atom is 0.120 e. The standard InChI is InChI=1S/C10H20N4/c1-8(2)9(5-11)6-12-7-10-13-3-4-14-10/h3-4,8-9,12H,5-7,11H2,1-2H3,(H,13,14). The third-order valence-electron chi connectivity index (χ3n) is 2.50.